The molecule has 0 radical (unpaired) electrons. The lowest BCUT2D eigenvalue weighted by Crippen LogP contribution is -2.12. The number of fused-ring (bicyclic) bond motifs is 1. The minimum Gasteiger partial charge on any atom is -0.493 e. The number of para-hydroxylation sites is 1. The van der Waals surface area contributed by atoms with Crippen LogP contribution in [-0.4, -0.2) is 43.4 Å². The van der Waals surface area contributed by atoms with Crippen molar-refractivity contribution >= 4 is 39.3 Å². The molecule has 4 aromatic rings. The number of carbonyl (C=O) groups is 1. The molecule has 0 bridgehead atoms. The van der Waals surface area contributed by atoms with Gasteiger partial charge in [0, 0.05) is 18.3 Å². The van der Waals surface area contributed by atoms with Crippen molar-refractivity contribution in [2.24, 2.45) is 0 Å². The van der Waals surface area contributed by atoms with Gasteiger partial charge in [0.05, 0.1) is 30.0 Å². The molecule has 0 saturated carbocycles. The lowest BCUT2D eigenvalue weighted by Gasteiger charge is -2.13. The normalized spacial score (nSPS) is 11.3. The van der Waals surface area contributed by atoms with Crippen LogP contribution in [0.5, 0.6) is 16.7 Å². The molecular formula is C26H24N2O5S. The molecule has 0 atom stereocenters. The Bertz CT molecular complexity index is 1280. The number of carboxylic acids is 1. The van der Waals surface area contributed by atoms with E-state index in [1.165, 1.54) is 11.3 Å². The smallest absolute Gasteiger partial charge is 0.335 e. The van der Waals surface area contributed by atoms with Crippen molar-refractivity contribution in [3.8, 4) is 16.7 Å². The van der Waals surface area contributed by atoms with E-state index < -0.39 is 5.97 Å². The van der Waals surface area contributed by atoms with Crippen molar-refractivity contribution in [1.29, 1.82) is 0 Å². The van der Waals surface area contributed by atoms with Crippen molar-refractivity contribution < 1.29 is 24.1 Å². The van der Waals surface area contributed by atoms with Crippen LogP contribution in [0.3, 0.4) is 0 Å². The van der Waals surface area contributed by atoms with Gasteiger partial charge in [0.1, 0.15) is 6.61 Å². The Hall–Kier alpha value is -4.04. The molecule has 0 fully saturated rings. The molecule has 0 unspecified atom stereocenters. The van der Waals surface area contributed by atoms with Crippen molar-refractivity contribution in [1.82, 2.24) is 4.98 Å². The van der Waals surface area contributed by atoms with E-state index in [-0.39, 0.29) is 5.56 Å². The Morgan fingerprint density at radius 1 is 1.03 bits per heavy atom. The molecule has 0 aliphatic carbocycles. The summed E-state index contributed by atoms with van der Waals surface area (Å²) < 4.78 is 17.8. The fourth-order valence-corrected chi connectivity index (χ4v) is 4.15. The van der Waals surface area contributed by atoms with Crippen molar-refractivity contribution in [2.75, 3.05) is 32.7 Å². The van der Waals surface area contributed by atoms with Gasteiger partial charge in [-0.1, -0.05) is 41.7 Å². The third-order valence-electron chi connectivity index (χ3n) is 5.09. The van der Waals surface area contributed by atoms with Crippen LogP contribution >= 0.6 is 11.3 Å². The zero-order valence-electron chi connectivity index (χ0n) is 18.8. The van der Waals surface area contributed by atoms with Gasteiger partial charge < -0.3 is 24.6 Å². The molecule has 0 saturated heterocycles. The van der Waals surface area contributed by atoms with Gasteiger partial charge in [-0.2, -0.15) is 0 Å². The number of ether oxygens (including phenoxy) is 3. The molecule has 8 heteroatoms. The maximum atomic E-state index is 11.2. The second kappa shape index (κ2) is 10.7. The molecule has 0 spiro atoms. The molecular weight excluding hydrogens is 452 g/mol. The summed E-state index contributed by atoms with van der Waals surface area (Å²) in [5.74, 6) is 0.333. The van der Waals surface area contributed by atoms with Crippen LogP contribution in [0.2, 0.25) is 0 Å². The summed E-state index contributed by atoms with van der Waals surface area (Å²) in [5.41, 5.74) is 3.84. The maximum Gasteiger partial charge on any atom is 0.335 e. The zero-order valence-corrected chi connectivity index (χ0v) is 19.6. The second-order valence-corrected chi connectivity index (χ2v) is 8.38. The Morgan fingerprint density at radius 2 is 1.79 bits per heavy atom. The molecule has 1 aromatic heterocycles. The predicted octanol–water partition coefficient (Wildman–Crippen LogP) is 5.59. The minimum atomic E-state index is -0.954. The summed E-state index contributed by atoms with van der Waals surface area (Å²) in [7, 11) is 3.19. The van der Waals surface area contributed by atoms with Gasteiger partial charge >= 0.3 is 5.97 Å². The first-order valence-electron chi connectivity index (χ1n) is 10.5. The summed E-state index contributed by atoms with van der Waals surface area (Å²) >= 11 is 1.50. The lowest BCUT2D eigenvalue weighted by molar-refractivity contribution is 0.0697. The standard InChI is InChI=1S/C26H24N2O5S/c1-31-22-12-11-20(14-23(22)32-2)27-15-18(13-17-7-9-19(10-8-17)25(29)30)16-33-26-28-21-5-3-4-6-24(21)34-26/h3-14,27H,15-16H2,1-2H3,(H,29,30)/b18-13-. The van der Waals surface area contributed by atoms with E-state index in [9.17, 15) is 4.79 Å². The average Bonchev–Trinajstić information content (AvgIpc) is 3.28. The van der Waals surface area contributed by atoms with Crippen molar-refractivity contribution in [3.63, 3.8) is 0 Å². The Morgan fingerprint density at radius 3 is 2.50 bits per heavy atom. The fourth-order valence-electron chi connectivity index (χ4n) is 3.33. The largest absolute Gasteiger partial charge is 0.493 e. The average molecular weight is 477 g/mol. The molecule has 1 heterocycles. The third-order valence-corrected chi connectivity index (χ3v) is 6.04. The molecule has 174 valence electrons. The number of aromatic carboxylic acids is 1. The molecule has 0 aliphatic rings. The van der Waals surface area contributed by atoms with E-state index in [0.717, 1.165) is 27.0 Å². The number of carboxylic acid groups (broad SMARTS) is 1. The molecule has 3 aromatic carbocycles. The summed E-state index contributed by atoms with van der Waals surface area (Å²) in [6, 6.07) is 20.2. The number of hydrogen-bond acceptors (Lipinski definition) is 7. The van der Waals surface area contributed by atoms with Crippen LogP contribution < -0.4 is 19.5 Å². The van der Waals surface area contributed by atoms with Gasteiger partial charge in [0.2, 0.25) is 0 Å². The van der Waals surface area contributed by atoms with E-state index in [1.54, 1.807) is 38.5 Å². The van der Waals surface area contributed by atoms with Gasteiger partial charge in [0.15, 0.2) is 11.5 Å². The molecule has 0 aliphatic heterocycles. The van der Waals surface area contributed by atoms with E-state index in [2.05, 4.69) is 10.3 Å². The molecule has 7 nitrogen and oxygen atoms in total. The number of benzene rings is 3. The van der Waals surface area contributed by atoms with Gasteiger partial charge in [-0.25, -0.2) is 9.78 Å². The third kappa shape index (κ3) is 5.65. The van der Waals surface area contributed by atoms with Gasteiger partial charge in [0.25, 0.3) is 5.19 Å². The van der Waals surface area contributed by atoms with Crippen molar-refractivity contribution in [2.45, 2.75) is 0 Å². The SMILES string of the molecule is COc1ccc(NC/C(=C/c2ccc(C(=O)O)cc2)COc2nc3ccccc3s2)cc1OC. The molecule has 34 heavy (non-hydrogen) atoms. The van der Waals surface area contributed by atoms with E-state index >= 15 is 0 Å². The van der Waals surface area contributed by atoms with E-state index in [1.807, 2.05) is 48.5 Å². The predicted molar refractivity (Wildman–Crippen MR) is 135 cm³/mol. The first-order chi connectivity index (χ1) is 16.6. The lowest BCUT2D eigenvalue weighted by atomic mass is 10.1. The number of nitrogens with zero attached hydrogens (tertiary/aromatic N) is 1. The number of aromatic nitrogens is 1. The fraction of sp³-hybridized carbons (Fsp3) is 0.154. The van der Waals surface area contributed by atoms with Gasteiger partial charge in [-0.3, -0.25) is 0 Å². The number of hydrogen-bond donors (Lipinski definition) is 2. The highest BCUT2D eigenvalue weighted by Gasteiger charge is 2.09. The summed E-state index contributed by atoms with van der Waals surface area (Å²) in [5, 5.41) is 13.1. The Balaban J connectivity index is 1.53. The summed E-state index contributed by atoms with van der Waals surface area (Å²) in [6.07, 6.45) is 1.98. The molecule has 0 amide bonds. The number of nitrogens with one attached hydrogen (secondary N) is 1. The zero-order chi connectivity index (χ0) is 23.9. The molecule has 2 N–H and O–H groups in total. The van der Waals surface area contributed by atoms with Crippen LogP contribution in [0.1, 0.15) is 15.9 Å². The second-order valence-electron chi connectivity index (χ2n) is 7.39. The number of thiazole rings is 1. The van der Waals surface area contributed by atoms with Crippen LogP contribution in [0.15, 0.2) is 72.3 Å². The highest BCUT2D eigenvalue weighted by atomic mass is 32.1. The first kappa shape index (κ1) is 23.1. The number of anilines is 1. The maximum absolute atomic E-state index is 11.2. The van der Waals surface area contributed by atoms with Crippen LogP contribution in [0, 0.1) is 0 Å². The highest BCUT2D eigenvalue weighted by molar-refractivity contribution is 7.20. The number of rotatable bonds is 10. The Kier molecular flexibility index (Phi) is 7.29. The highest BCUT2D eigenvalue weighted by Crippen LogP contribution is 2.30. The Labute approximate surface area is 201 Å². The van der Waals surface area contributed by atoms with Gasteiger partial charge in [-0.05, 0) is 47.5 Å². The van der Waals surface area contributed by atoms with Crippen molar-refractivity contribution in [3.05, 3.63) is 83.4 Å². The molecule has 4 rings (SSSR count). The summed E-state index contributed by atoms with van der Waals surface area (Å²) in [4.78, 5) is 15.7. The van der Waals surface area contributed by atoms with Crippen LogP contribution in [-0.2, 0) is 0 Å². The minimum absolute atomic E-state index is 0.243. The first-order valence-corrected chi connectivity index (χ1v) is 11.3. The van der Waals surface area contributed by atoms with Crippen LogP contribution in [0.25, 0.3) is 16.3 Å². The van der Waals surface area contributed by atoms with E-state index in [4.69, 9.17) is 19.3 Å². The monoisotopic (exact) mass is 476 g/mol. The quantitative estimate of drug-likeness (QED) is 0.308. The number of methoxy groups -OCH3 is 2. The van der Waals surface area contributed by atoms with Gasteiger partial charge in [-0.15, -0.1) is 0 Å². The summed E-state index contributed by atoms with van der Waals surface area (Å²) in [6.45, 7) is 0.821. The topological polar surface area (TPSA) is 89.9 Å². The van der Waals surface area contributed by atoms with E-state index in [0.29, 0.717) is 29.8 Å². The van der Waals surface area contributed by atoms with Crippen LogP contribution in [0.4, 0.5) is 5.69 Å².